The second kappa shape index (κ2) is 10.9. The van der Waals surface area contributed by atoms with Gasteiger partial charge < -0.3 is 14.0 Å². The molecule has 0 radical (unpaired) electrons. The van der Waals surface area contributed by atoms with E-state index in [0.717, 1.165) is 43.3 Å². The summed E-state index contributed by atoms with van der Waals surface area (Å²) in [5.74, 6) is 1.10. The number of aromatic nitrogens is 5. The summed E-state index contributed by atoms with van der Waals surface area (Å²) in [6, 6.07) is 9.44. The second-order valence-corrected chi connectivity index (χ2v) is 9.16. The van der Waals surface area contributed by atoms with Crippen LogP contribution in [0, 0.1) is 17.1 Å². The molecule has 1 aliphatic heterocycles. The van der Waals surface area contributed by atoms with Gasteiger partial charge in [0, 0.05) is 44.2 Å². The van der Waals surface area contributed by atoms with Gasteiger partial charge >= 0.3 is 0 Å². The molecule has 1 saturated heterocycles. The topological polar surface area (TPSA) is 119 Å². The predicted molar refractivity (Wildman–Crippen MR) is 135 cm³/mol. The summed E-state index contributed by atoms with van der Waals surface area (Å²) < 4.78 is 27.6. The summed E-state index contributed by atoms with van der Waals surface area (Å²) in [6.45, 7) is 3.84. The largest absolute Gasteiger partial charge is 0.483 e. The van der Waals surface area contributed by atoms with Crippen LogP contribution in [0.2, 0.25) is 0 Å². The Balaban J connectivity index is 1.14. The van der Waals surface area contributed by atoms with Crippen molar-refractivity contribution in [2.24, 2.45) is 7.05 Å². The van der Waals surface area contributed by atoms with Gasteiger partial charge in [0.15, 0.2) is 28.8 Å². The fraction of sp³-hybridized carbons (Fsp3) is 0.333. The summed E-state index contributed by atoms with van der Waals surface area (Å²) in [5, 5.41) is 8.86. The number of benzene rings is 1. The van der Waals surface area contributed by atoms with E-state index in [1.54, 1.807) is 18.5 Å². The van der Waals surface area contributed by atoms with Crippen molar-refractivity contribution in [3.8, 4) is 17.7 Å². The number of rotatable bonds is 8. The maximum Gasteiger partial charge on any atom is 0.216 e. The minimum absolute atomic E-state index is 0.00567. The van der Waals surface area contributed by atoms with Crippen LogP contribution < -0.4 is 9.47 Å². The lowest BCUT2D eigenvalue weighted by Gasteiger charge is -2.31. The molecule has 0 amide bonds. The molecule has 10 nitrogen and oxygen atoms in total. The Morgan fingerprint density at radius 1 is 1.18 bits per heavy atom. The Hall–Kier alpha value is -4.43. The second-order valence-electron chi connectivity index (χ2n) is 9.16. The molecule has 1 fully saturated rings. The first kappa shape index (κ1) is 25.2. The molecule has 1 aromatic carbocycles. The van der Waals surface area contributed by atoms with Gasteiger partial charge in [-0.3, -0.25) is 9.69 Å². The van der Waals surface area contributed by atoms with Crippen molar-refractivity contribution in [2.75, 3.05) is 13.1 Å². The monoisotopic (exact) mass is 515 g/mol. The number of hydrogen-bond acceptors (Lipinski definition) is 9. The number of likely N-dealkylation sites (tertiary alicyclic amines) is 1. The van der Waals surface area contributed by atoms with Crippen molar-refractivity contribution < 1.29 is 18.7 Å². The number of halogens is 1. The minimum Gasteiger partial charge on any atom is -0.483 e. The van der Waals surface area contributed by atoms with Gasteiger partial charge in [-0.1, -0.05) is 0 Å². The standard InChI is InChI=1S/C27H26FN7O3/c1-17(36)19-12-22-27(31-14-19)33-25(34(22)2)15-35-9-6-20(7-10-35)38-26-5-8-30-24(32-26)16-37-23-4-3-18(13-29)11-21(23)28/h3-5,8,11-12,14,20H,6-7,9-10,15-16H2,1-2H3. The van der Waals surface area contributed by atoms with E-state index in [2.05, 4.69) is 24.8 Å². The van der Waals surface area contributed by atoms with E-state index in [9.17, 15) is 9.18 Å². The van der Waals surface area contributed by atoms with Gasteiger partial charge in [0.2, 0.25) is 5.88 Å². The molecule has 38 heavy (non-hydrogen) atoms. The van der Waals surface area contributed by atoms with Crippen molar-refractivity contribution in [1.29, 1.82) is 5.26 Å². The molecule has 0 unspecified atom stereocenters. The summed E-state index contributed by atoms with van der Waals surface area (Å²) in [7, 11) is 1.94. The molecule has 5 rings (SSSR count). The number of carbonyl (C=O) groups is 1. The first-order valence-corrected chi connectivity index (χ1v) is 12.3. The predicted octanol–water partition coefficient (Wildman–Crippen LogP) is 3.59. The minimum atomic E-state index is -0.612. The molecule has 4 aromatic rings. The molecule has 0 saturated carbocycles. The number of piperidine rings is 1. The number of hydrogen-bond donors (Lipinski definition) is 0. The highest BCUT2D eigenvalue weighted by molar-refractivity contribution is 5.96. The van der Waals surface area contributed by atoms with E-state index in [4.69, 9.17) is 14.7 Å². The molecule has 1 aliphatic rings. The maximum atomic E-state index is 14.1. The van der Waals surface area contributed by atoms with E-state index in [1.165, 1.54) is 19.1 Å². The van der Waals surface area contributed by atoms with E-state index in [-0.39, 0.29) is 29.8 Å². The Bertz CT molecular complexity index is 1520. The van der Waals surface area contributed by atoms with Crippen LogP contribution >= 0.6 is 0 Å². The smallest absolute Gasteiger partial charge is 0.216 e. The third kappa shape index (κ3) is 5.60. The van der Waals surface area contributed by atoms with Crippen LogP contribution in [-0.2, 0) is 20.2 Å². The summed E-state index contributed by atoms with van der Waals surface area (Å²) in [6.07, 6.45) is 4.81. The molecule has 194 valence electrons. The number of fused-ring (bicyclic) bond motifs is 1. The van der Waals surface area contributed by atoms with Crippen molar-refractivity contribution >= 4 is 16.9 Å². The van der Waals surface area contributed by atoms with Gasteiger partial charge in [-0.25, -0.2) is 19.3 Å². The van der Waals surface area contributed by atoms with Crippen molar-refractivity contribution in [3.63, 3.8) is 0 Å². The lowest BCUT2D eigenvalue weighted by Crippen LogP contribution is -2.38. The van der Waals surface area contributed by atoms with E-state index < -0.39 is 5.82 Å². The number of pyridine rings is 1. The lowest BCUT2D eigenvalue weighted by molar-refractivity contribution is 0.0909. The summed E-state index contributed by atoms with van der Waals surface area (Å²) in [5.41, 5.74) is 2.28. The fourth-order valence-electron chi connectivity index (χ4n) is 4.35. The molecule has 4 heterocycles. The van der Waals surface area contributed by atoms with Crippen LogP contribution in [0.25, 0.3) is 11.2 Å². The van der Waals surface area contributed by atoms with Gasteiger partial charge in [0.25, 0.3) is 0 Å². The maximum absolute atomic E-state index is 14.1. The van der Waals surface area contributed by atoms with Crippen LogP contribution in [0.1, 0.15) is 47.3 Å². The fourth-order valence-corrected chi connectivity index (χ4v) is 4.35. The number of ketones is 1. The van der Waals surface area contributed by atoms with E-state index in [0.29, 0.717) is 29.5 Å². The Morgan fingerprint density at radius 2 is 2.00 bits per heavy atom. The van der Waals surface area contributed by atoms with Gasteiger partial charge in [-0.05, 0) is 44.0 Å². The number of imidazole rings is 1. The van der Waals surface area contributed by atoms with Gasteiger partial charge in [-0.15, -0.1) is 0 Å². The Kier molecular flexibility index (Phi) is 7.24. The molecule has 11 heteroatoms. The highest BCUT2D eigenvalue weighted by atomic mass is 19.1. The van der Waals surface area contributed by atoms with Crippen molar-refractivity contribution in [2.45, 2.75) is 39.0 Å². The van der Waals surface area contributed by atoms with Crippen LogP contribution in [0.5, 0.6) is 11.6 Å². The first-order chi connectivity index (χ1) is 18.4. The number of Topliss-reactive ketones (excluding diaryl/α,β-unsaturated/α-hetero) is 1. The average Bonchev–Trinajstić information content (AvgIpc) is 3.23. The van der Waals surface area contributed by atoms with E-state index >= 15 is 0 Å². The number of carbonyl (C=O) groups excluding carboxylic acids is 1. The zero-order chi connectivity index (χ0) is 26.6. The number of nitrogens with zero attached hydrogens (tertiary/aromatic N) is 7. The quantitative estimate of drug-likeness (QED) is 0.324. The van der Waals surface area contributed by atoms with Crippen LogP contribution in [0.4, 0.5) is 4.39 Å². The zero-order valence-electron chi connectivity index (χ0n) is 21.1. The van der Waals surface area contributed by atoms with Gasteiger partial charge in [0.1, 0.15) is 18.5 Å². The highest BCUT2D eigenvalue weighted by Gasteiger charge is 2.23. The molecule has 0 aliphatic carbocycles. The van der Waals surface area contributed by atoms with Crippen LogP contribution in [-0.4, -0.2) is 54.4 Å². The lowest BCUT2D eigenvalue weighted by atomic mass is 10.1. The van der Waals surface area contributed by atoms with Crippen molar-refractivity contribution in [3.05, 3.63) is 71.3 Å². The average molecular weight is 516 g/mol. The van der Waals surface area contributed by atoms with Crippen LogP contribution in [0.3, 0.4) is 0 Å². The molecular formula is C27H26FN7O3. The van der Waals surface area contributed by atoms with Crippen molar-refractivity contribution in [1.82, 2.24) is 29.4 Å². The molecule has 0 spiro atoms. The summed E-state index contributed by atoms with van der Waals surface area (Å²) >= 11 is 0. The Morgan fingerprint density at radius 3 is 2.74 bits per heavy atom. The van der Waals surface area contributed by atoms with Gasteiger partial charge in [0.05, 0.1) is 23.7 Å². The normalized spacial score (nSPS) is 14.4. The third-order valence-electron chi connectivity index (χ3n) is 6.52. The molecule has 0 atom stereocenters. The molecule has 3 aromatic heterocycles. The molecule has 0 N–H and O–H groups in total. The Labute approximate surface area is 218 Å². The van der Waals surface area contributed by atoms with Crippen LogP contribution in [0.15, 0.2) is 42.7 Å². The number of aryl methyl sites for hydroxylation is 1. The zero-order valence-corrected chi connectivity index (χ0v) is 21.1. The molecule has 0 bridgehead atoms. The van der Waals surface area contributed by atoms with Gasteiger partial charge in [-0.2, -0.15) is 10.2 Å². The first-order valence-electron chi connectivity index (χ1n) is 12.3. The van der Waals surface area contributed by atoms with E-state index in [1.807, 2.05) is 23.8 Å². The number of ether oxygens (including phenoxy) is 2. The summed E-state index contributed by atoms with van der Waals surface area (Å²) in [4.78, 5) is 31.6. The SMILES string of the molecule is CC(=O)c1cnc2nc(CN3CCC(Oc4ccnc(COc5ccc(C#N)cc5F)n4)CC3)n(C)c2c1. The number of nitriles is 1. The highest BCUT2D eigenvalue weighted by Crippen LogP contribution is 2.22. The third-order valence-corrected chi connectivity index (χ3v) is 6.52. The molecular weight excluding hydrogens is 489 g/mol.